The Balaban J connectivity index is 1.19. The Morgan fingerprint density at radius 3 is 1.98 bits per heavy atom. The minimum atomic E-state index is -0.125. The van der Waals surface area contributed by atoms with Gasteiger partial charge in [-0.3, -0.25) is 4.57 Å². The van der Waals surface area contributed by atoms with Crippen molar-refractivity contribution in [2.45, 2.75) is 19.3 Å². The van der Waals surface area contributed by atoms with Gasteiger partial charge in [-0.25, -0.2) is 0 Å². The van der Waals surface area contributed by atoms with Crippen LogP contribution in [0.1, 0.15) is 25.0 Å². The van der Waals surface area contributed by atoms with E-state index in [-0.39, 0.29) is 5.41 Å². The number of fused-ring (bicyclic) bond motifs is 4. The van der Waals surface area contributed by atoms with Gasteiger partial charge >= 0.3 is 0 Å². The lowest BCUT2D eigenvalue weighted by molar-refractivity contribution is 0.444. The lowest BCUT2D eigenvalue weighted by Crippen LogP contribution is -2.16. The molecule has 1 aromatic heterocycles. The van der Waals surface area contributed by atoms with Crippen LogP contribution in [-0.4, -0.2) is 4.57 Å². The summed E-state index contributed by atoms with van der Waals surface area (Å²) in [5.74, 6) is 3.31. The number of aromatic nitrogens is 1. The Kier molecular flexibility index (Phi) is 5.15. The maximum absolute atomic E-state index is 6.60. The first-order valence-corrected chi connectivity index (χ1v) is 16.9. The molecule has 4 heteroatoms. The predicted octanol–water partition coefficient (Wildman–Crippen LogP) is 12.4. The fourth-order valence-corrected chi connectivity index (χ4v) is 8.51. The molecule has 232 valence electrons. The quantitative estimate of drug-likeness (QED) is 0.194. The largest absolute Gasteiger partial charge is 0.453 e. The first-order valence-electron chi connectivity index (χ1n) is 16.9. The SMILES string of the molecule is CC1(C)c2ccccc2-c2ccc(N(c3ccc(-c4ccccc4)cc3)c3ccc4c5c3c3cccc6c3n5-c3c(cccc3O4)O6)cc21. The Morgan fingerprint density at radius 2 is 1.16 bits per heavy atom. The molecule has 11 rings (SSSR count). The number of hydrogen-bond acceptors (Lipinski definition) is 3. The van der Waals surface area contributed by atoms with Gasteiger partial charge in [-0.1, -0.05) is 105 Å². The first kappa shape index (κ1) is 26.8. The van der Waals surface area contributed by atoms with Crippen LogP contribution in [0.5, 0.6) is 23.0 Å². The Labute approximate surface area is 284 Å². The molecule has 8 aromatic rings. The molecule has 0 fully saturated rings. The van der Waals surface area contributed by atoms with Gasteiger partial charge in [0.25, 0.3) is 0 Å². The third-order valence-electron chi connectivity index (χ3n) is 10.8. The van der Waals surface area contributed by atoms with Crippen molar-refractivity contribution in [3.05, 3.63) is 157 Å². The molecule has 0 spiro atoms. The summed E-state index contributed by atoms with van der Waals surface area (Å²) in [5, 5.41) is 2.27. The van der Waals surface area contributed by atoms with E-state index < -0.39 is 0 Å². The van der Waals surface area contributed by atoms with Crippen LogP contribution in [0.3, 0.4) is 0 Å². The molecule has 3 heterocycles. The smallest absolute Gasteiger partial charge is 0.155 e. The van der Waals surface area contributed by atoms with Gasteiger partial charge in [0.05, 0.1) is 16.7 Å². The van der Waals surface area contributed by atoms with Crippen molar-refractivity contribution < 1.29 is 9.47 Å². The number of benzene rings is 7. The second-order valence-corrected chi connectivity index (χ2v) is 13.7. The van der Waals surface area contributed by atoms with Crippen molar-refractivity contribution in [3.63, 3.8) is 0 Å². The lowest BCUT2D eigenvalue weighted by Gasteiger charge is -2.30. The number of rotatable bonds is 4. The van der Waals surface area contributed by atoms with Crippen molar-refractivity contribution in [1.29, 1.82) is 0 Å². The van der Waals surface area contributed by atoms with Crippen molar-refractivity contribution in [3.8, 4) is 50.9 Å². The standard InChI is InChI=1S/C45H30N2O2/c1-45(2)34-14-7-6-12-31(34)32-23-22-30(26-35(32)45)46(29-20-18-28(19-21-29)27-10-4-3-5-11-27)36-24-25-40-44-41(36)33-13-8-15-37-42(33)47(44)43-38(48-37)16-9-17-39(43)49-40/h3-26H,1-2H3. The highest BCUT2D eigenvalue weighted by atomic mass is 16.5. The van der Waals surface area contributed by atoms with Crippen molar-refractivity contribution in [1.82, 2.24) is 4.57 Å². The summed E-state index contributed by atoms with van der Waals surface area (Å²) < 4.78 is 15.5. The van der Waals surface area contributed by atoms with E-state index in [9.17, 15) is 0 Å². The zero-order valence-electron chi connectivity index (χ0n) is 27.1. The van der Waals surface area contributed by atoms with E-state index in [2.05, 4.69) is 151 Å². The van der Waals surface area contributed by atoms with Gasteiger partial charge in [-0.15, -0.1) is 0 Å². The van der Waals surface area contributed by atoms with Crippen LogP contribution >= 0.6 is 0 Å². The molecule has 0 radical (unpaired) electrons. The molecule has 2 aliphatic heterocycles. The number of ether oxygens (including phenoxy) is 2. The van der Waals surface area contributed by atoms with Crippen LogP contribution in [-0.2, 0) is 5.41 Å². The Morgan fingerprint density at radius 1 is 0.510 bits per heavy atom. The molecule has 49 heavy (non-hydrogen) atoms. The second kappa shape index (κ2) is 9.42. The van der Waals surface area contributed by atoms with E-state index in [1.165, 1.54) is 33.4 Å². The van der Waals surface area contributed by atoms with Crippen LogP contribution < -0.4 is 14.4 Å². The molecule has 0 saturated carbocycles. The van der Waals surface area contributed by atoms with E-state index >= 15 is 0 Å². The Hall–Kier alpha value is -6.26. The van der Waals surface area contributed by atoms with Gasteiger partial charge in [0.1, 0.15) is 5.69 Å². The third kappa shape index (κ3) is 3.53. The van der Waals surface area contributed by atoms with Crippen LogP contribution in [0.15, 0.2) is 146 Å². The van der Waals surface area contributed by atoms with Crippen LogP contribution in [0, 0.1) is 0 Å². The molecule has 7 aromatic carbocycles. The summed E-state index contributed by atoms with van der Waals surface area (Å²) >= 11 is 0. The highest BCUT2D eigenvalue weighted by Crippen LogP contribution is 2.57. The minimum Gasteiger partial charge on any atom is -0.453 e. The molecular formula is C45H30N2O2. The fraction of sp³-hybridized carbons (Fsp3) is 0.0667. The number of anilines is 3. The number of nitrogens with zero attached hydrogens (tertiary/aromatic N) is 2. The van der Waals surface area contributed by atoms with E-state index in [1.54, 1.807) is 0 Å². The topological polar surface area (TPSA) is 26.6 Å². The van der Waals surface area contributed by atoms with E-state index in [0.717, 1.165) is 67.6 Å². The van der Waals surface area contributed by atoms with E-state index in [0.29, 0.717) is 0 Å². The summed E-state index contributed by atoms with van der Waals surface area (Å²) in [6.07, 6.45) is 0. The van der Waals surface area contributed by atoms with Crippen LogP contribution in [0.2, 0.25) is 0 Å². The van der Waals surface area contributed by atoms with Gasteiger partial charge in [0.15, 0.2) is 23.0 Å². The van der Waals surface area contributed by atoms with Gasteiger partial charge < -0.3 is 14.4 Å². The van der Waals surface area contributed by atoms with Crippen molar-refractivity contribution in [2.24, 2.45) is 0 Å². The molecule has 1 aliphatic carbocycles. The maximum Gasteiger partial charge on any atom is 0.155 e. The van der Waals surface area contributed by atoms with Crippen LogP contribution in [0.25, 0.3) is 49.7 Å². The maximum atomic E-state index is 6.60. The molecule has 0 saturated heterocycles. The fourth-order valence-electron chi connectivity index (χ4n) is 8.51. The molecule has 4 nitrogen and oxygen atoms in total. The molecule has 3 aliphatic rings. The van der Waals surface area contributed by atoms with E-state index in [1.807, 2.05) is 18.2 Å². The van der Waals surface area contributed by atoms with Gasteiger partial charge in [-0.05, 0) is 88.0 Å². The summed E-state index contributed by atoms with van der Waals surface area (Å²) in [6, 6.07) is 52.1. The zero-order valence-corrected chi connectivity index (χ0v) is 27.1. The van der Waals surface area contributed by atoms with Crippen LogP contribution in [0.4, 0.5) is 17.1 Å². The van der Waals surface area contributed by atoms with Gasteiger partial charge in [0, 0.05) is 27.6 Å². The lowest BCUT2D eigenvalue weighted by atomic mass is 9.82. The third-order valence-corrected chi connectivity index (χ3v) is 10.8. The van der Waals surface area contributed by atoms with Gasteiger partial charge in [0.2, 0.25) is 0 Å². The van der Waals surface area contributed by atoms with Crippen molar-refractivity contribution in [2.75, 3.05) is 4.90 Å². The molecule has 0 amide bonds. The second-order valence-electron chi connectivity index (χ2n) is 13.7. The normalized spacial score (nSPS) is 14.0. The summed E-state index contributed by atoms with van der Waals surface area (Å²) in [6.45, 7) is 4.69. The summed E-state index contributed by atoms with van der Waals surface area (Å²) in [7, 11) is 0. The number of hydrogen-bond donors (Lipinski definition) is 0. The number of para-hydroxylation sites is 2. The molecule has 0 bridgehead atoms. The molecule has 0 N–H and O–H groups in total. The van der Waals surface area contributed by atoms with Crippen molar-refractivity contribution >= 4 is 38.9 Å². The summed E-state index contributed by atoms with van der Waals surface area (Å²) in [4.78, 5) is 2.42. The average molecular weight is 631 g/mol. The summed E-state index contributed by atoms with van der Waals surface area (Å²) in [5.41, 5.74) is 14.0. The first-order chi connectivity index (χ1) is 24.1. The molecular weight excluding hydrogens is 601 g/mol. The minimum absolute atomic E-state index is 0.125. The van der Waals surface area contributed by atoms with E-state index in [4.69, 9.17) is 9.47 Å². The zero-order chi connectivity index (χ0) is 32.4. The predicted molar refractivity (Wildman–Crippen MR) is 199 cm³/mol. The van der Waals surface area contributed by atoms with Gasteiger partial charge in [-0.2, -0.15) is 0 Å². The monoisotopic (exact) mass is 630 g/mol. The molecule has 0 unspecified atom stereocenters. The highest BCUT2D eigenvalue weighted by molar-refractivity contribution is 6.20. The average Bonchev–Trinajstić information content (AvgIpc) is 3.61. The molecule has 0 atom stereocenters. The highest BCUT2D eigenvalue weighted by Gasteiger charge is 2.37. The Bertz CT molecular complexity index is 2670.